The standard InChI is InChI=1S/C45H46ClN2O3P/c1-2-3-8-30-47-37(24-26-41-39-16-6-4-12-33(39)20-28-43(41)47)22-18-35-14-11-15-36(45(35)46)19-23-38-25-27-42-40-17-7-5-13-34(40)21-29-44(42)48(38)31-9-10-32-52(49,50)51/h4-7,12-13,16-29H,2-3,8-11,14-15,30-32H2,1H3,(H-,49,50,51)/p+1. The van der Waals surface area contributed by atoms with Crippen LogP contribution in [0.2, 0.25) is 0 Å². The number of aromatic nitrogens is 1. The van der Waals surface area contributed by atoms with Crippen molar-refractivity contribution in [2.75, 3.05) is 17.6 Å². The highest BCUT2D eigenvalue weighted by molar-refractivity contribution is 7.51. The fourth-order valence-electron chi connectivity index (χ4n) is 7.66. The molecule has 2 N–H and O–H groups in total. The number of benzene rings is 4. The van der Waals surface area contributed by atoms with Crippen LogP contribution >= 0.6 is 19.2 Å². The van der Waals surface area contributed by atoms with E-state index in [0.717, 1.165) is 65.4 Å². The summed E-state index contributed by atoms with van der Waals surface area (Å²) in [5.41, 5.74) is 8.02. The molecule has 7 rings (SSSR count). The summed E-state index contributed by atoms with van der Waals surface area (Å²) in [4.78, 5) is 21.2. The van der Waals surface area contributed by atoms with Gasteiger partial charge in [-0.1, -0.05) is 97.8 Å². The normalized spacial score (nSPS) is 16.7. The lowest BCUT2D eigenvalue weighted by Crippen LogP contribution is -2.38. The van der Waals surface area contributed by atoms with Crippen molar-refractivity contribution in [1.29, 1.82) is 0 Å². The molecule has 0 radical (unpaired) electrons. The monoisotopic (exact) mass is 729 g/mol. The SMILES string of the molecule is CCCCC[n+]1c(/C=C/C2=C(Cl)C(=C/C=C3\C=Cc4c(ccc5ccccc45)N3CCCCP(=O)(O)O)/CCC2)ccc2c3ccccc3ccc21. The number of hydrogen-bond donors (Lipinski definition) is 2. The third-order valence-corrected chi connectivity index (χ3v) is 11.8. The number of fused-ring (bicyclic) bond motifs is 6. The first kappa shape index (κ1) is 36.1. The van der Waals surface area contributed by atoms with Crippen LogP contribution in [0.5, 0.6) is 0 Å². The van der Waals surface area contributed by atoms with Gasteiger partial charge < -0.3 is 14.7 Å². The quantitative estimate of drug-likeness (QED) is 0.0581. The van der Waals surface area contributed by atoms with E-state index in [0.29, 0.717) is 19.4 Å². The average molecular weight is 730 g/mol. The minimum Gasteiger partial charge on any atom is -0.341 e. The Morgan fingerprint density at radius 1 is 0.788 bits per heavy atom. The molecule has 0 saturated carbocycles. The molecule has 2 aliphatic rings. The van der Waals surface area contributed by atoms with Crippen LogP contribution in [0, 0.1) is 0 Å². The van der Waals surface area contributed by atoms with E-state index in [1.54, 1.807) is 0 Å². The maximum atomic E-state index is 11.5. The lowest BCUT2D eigenvalue weighted by atomic mass is 9.93. The number of unbranched alkanes of at least 4 members (excludes halogenated alkanes) is 3. The Morgan fingerprint density at radius 3 is 2.37 bits per heavy atom. The minimum absolute atomic E-state index is 0.101. The van der Waals surface area contributed by atoms with Gasteiger partial charge in [-0.2, -0.15) is 4.57 Å². The number of hydrogen-bond acceptors (Lipinski definition) is 2. The first-order chi connectivity index (χ1) is 25.3. The van der Waals surface area contributed by atoms with Crippen LogP contribution in [-0.2, 0) is 11.1 Å². The van der Waals surface area contributed by atoms with Gasteiger partial charge in [0.1, 0.15) is 6.54 Å². The lowest BCUT2D eigenvalue weighted by molar-refractivity contribution is -0.673. The molecular weight excluding hydrogens is 683 g/mol. The summed E-state index contributed by atoms with van der Waals surface area (Å²) in [5.74, 6) is 0. The van der Waals surface area contributed by atoms with Crippen molar-refractivity contribution in [2.45, 2.75) is 64.8 Å². The lowest BCUT2D eigenvalue weighted by Gasteiger charge is -2.31. The maximum Gasteiger partial charge on any atom is 0.325 e. The highest BCUT2D eigenvalue weighted by Gasteiger charge is 2.21. The Hall–Kier alpha value is -4.25. The van der Waals surface area contributed by atoms with E-state index in [9.17, 15) is 14.4 Å². The zero-order valence-corrected chi connectivity index (χ0v) is 31.5. The second-order valence-corrected chi connectivity index (χ2v) is 16.1. The molecule has 0 saturated heterocycles. The van der Waals surface area contributed by atoms with Crippen molar-refractivity contribution < 1.29 is 18.9 Å². The largest absolute Gasteiger partial charge is 0.341 e. The van der Waals surface area contributed by atoms with Gasteiger partial charge in [-0.3, -0.25) is 4.57 Å². The predicted octanol–water partition coefficient (Wildman–Crippen LogP) is 11.6. The zero-order chi connectivity index (χ0) is 36.1. The van der Waals surface area contributed by atoms with Gasteiger partial charge in [0.15, 0.2) is 0 Å². The number of rotatable bonds is 12. The smallest absolute Gasteiger partial charge is 0.325 e. The summed E-state index contributed by atoms with van der Waals surface area (Å²) in [6.45, 7) is 3.87. The number of aryl methyl sites for hydroxylation is 1. The first-order valence-corrected chi connectivity index (χ1v) is 20.8. The fourth-order valence-corrected chi connectivity index (χ4v) is 8.61. The molecule has 5 nitrogen and oxygen atoms in total. The summed E-state index contributed by atoms with van der Waals surface area (Å²) in [6.07, 6.45) is 20.5. The van der Waals surface area contributed by atoms with Gasteiger partial charge >= 0.3 is 7.60 Å². The second-order valence-electron chi connectivity index (χ2n) is 13.9. The Bertz CT molecular complexity index is 2330. The third-order valence-electron chi connectivity index (χ3n) is 10.4. The molecule has 0 atom stereocenters. The van der Waals surface area contributed by atoms with Crippen LogP contribution in [0.3, 0.4) is 0 Å². The van der Waals surface area contributed by atoms with Crippen LogP contribution < -0.4 is 9.47 Å². The predicted molar refractivity (Wildman–Crippen MR) is 220 cm³/mol. The van der Waals surface area contributed by atoms with Crippen LogP contribution in [0.1, 0.15) is 69.5 Å². The van der Waals surface area contributed by atoms with Crippen LogP contribution in [-0.4, -0.2) is 22.5 Å². The van der Waals surface area contributed by atoms with E-state index in [2.05, 4.69) is 138 Å². The van der Waals surface area contributed by atoms with Gasteiger partial charge in [-0.25, -0.2) is 0 Å². The molecule has 1 aromatic heterocycles. The Labute approximate surface area is 312 Å². The van der Waals surface area contributed by atoms with Crippen LogP contribution in [0.25, 0.3) is 44.6 Å². The number of pyridine rings is 1. The van der Waals surface area contributed by atoms with E-state index in [4.69, 9.17) is 11.6 Å². The molecule has 266 valence electrons. The van der Waals surface area contributed by atoms with E-state index < -0.39 is 7.60 Å². The highest BCUT2D eigenvalue weighted by atomic mass is 35.5. The van der Waals surface area contributed by atoms with Crippen LogP contribution in [0.4, 0.5) is 5.69 Å². The van der Waals surface area contributed by atoms with E-state index in [1.807, 2.05) is 0 Å². The number of anilines is 1. The molecule has 7 heteroatoms. The highest BCUT2D eigenvalue weighted by Crippen LogP contribution is 2.39. The van der Waals surface area contributed by atoms with E-state index >= 15 is 0 Å². The van der Waals surface area contributed by atoms with Crippen molar-refractivity contribution in [3.8, 4) is 0 Å². The van der Waals surface area contributed by atoms with Gasteiger partial charge in [-0.05, 0) is 102 Å². The summed E-state index contributed by atoms with van der Waals surface area (Å²) in [7, 11) is -4.03. The Balaban J connectivity index is 1.19. The molecular formula is C45H47ClN2O3P+. The zero-order valence-electron chi connectivity index (χ0n) is 29.8. The number of nitrogens with zero attached hydrogens (tertiary/aromatic N) is 2. The van der Waals surface area contributed by atoms with E-state index in [1.165, 1.54) is 51.0 Å². The van der Waals surface area contributed by atoms with Crippen molar-refractivity contribution in [3.05, 3.63) is 142 Å². The van der Waals surface area contributed by atoms with Gasteiger partial charge in [0, 0.05) is 59.3 Å². The first-order valence-electron chi connectivity index (χ1n) is 18.6. The molecule has 5 aromatic rings. The molecule has 2 heterocycles. The Kier molecular flexibility index (Phi) is 11.2. The molecule has 0 unspecified atom stereocenters. The summed E-state index contributed by atoms with van der Waals surface area (Å²) in [5, 5.41) is 7.02. The van der Waals surface area contributed by atoms with Crippen molar-refractivity contribution >= 4 is 69.5 Å². The Morgan fingerprint density at radius 2 is 1.56 bits per heavy atom. The van der Waals surface area contributed by atoms with Gasteiger partial charge in [0.25, 0.3) is 0 Å². The maximum absolute atomic E-state index is 11.5. The summed E-state index contributed by atoms with van der Waals surface area (Å²) >= 11 is 7.18. The van der Waals surface area contributed by atoms with Gasteiger partial charge in [0.2, 0.25) is 11.2 Å². The topological polar surface area (TPSA) is 64.7 Å². The summed E-state index contributed by atoms with van der Waals surface area (Å²) < 4.78 is 14.0. The molecule has 4 aromatic carbocycles. The second kappa shape index (κ2) is 16.2. The molecule has 1 aliphatic heterocycles. The number of allylic oxidation sites excluding steroid dienone is 7. The molecule has 0 amide bonds. The van der Waals surface area contributed by atoms with Gasteiger partial charge in [-0.15, -0.1) is 0 Å². The number of halogens is 1. The van der Waals surface area contributed by atoms with Crippen molar-refractivity contribution in [3.63, 3.8) is 0 Å². The van der Waals surface area contributed by atoms with Gasteiger partial charge in [0.05, 0.1) is 5.39 Å². The van der Waals surface area contributed by atoms with Crippen LogP contribution in [0.15, 0.2) is 131 Å². The molecule has 0 spiro atoms. The third kappa shape index (κ3) is 8.04. The van der Waals surface area contributed by atoms with Crippen molar-refractivity contribution in [1.82, 2.24) is 0 Å². The fraction of sp³-hybridized carbons (Fsp3) is 0.267. The van der Waals surface area contributed by atoms with E-state index in [-0.39, 0.29) is 6.16 Å². The minimum atomic E-state index is -4.03. The molecule has 0 bridgehead atoms. The van der Waals surface area contributed by atoms with Crippen molar-refractivity contribution in [2.24, 2.45) is 0 Å². The summed E-state index contributed by atoms with van der Waals surface area (Å²) in [6, 6.07) is 30.3. The molecule has 1 aliphatic carbocycles. The molecule has 0 fully saturated rings. The average Bonchev–Trinajstić information content (AvgIpc) is 3.15. The molecule has 52 heavy (non-hydrogen) atoms.